The van der Waals surface area contributed by atoms with Crippen LogP contribution in [0.1, 0.15) is 22.3 Å². The van der Waals surface area contributed by atoms with Gasteiger partial charge in [0, 0.05) is 13.0 Å². The molecule has 0 aliphatic carbocycles. The Bertz CT molecular complexity index is 463. The smallest absolute Gasteiger partial charge is 0.292 e. The third-order valence-corrected chi connectivity index (χ3v) is 1.74. The van der Waals surface area contributed by atoms with Crippen LogP contribution in [0.25, 0.3) is 0 Å². The molecule has 0 spiro atoms. The molecule has 0 radical (unpaired) electrons. The third-order valence-electron chi connectivity index (χ3n) is 1.74. The number of tetrazole rings is 1. The molecule has 2 N–H and O–H groups in total. The summed E-state index contributed by atoms with van der Waals surface area (Å²) in [4.78, 5) is 15.3. The normalized spacial score (nSPS) is 10.3. The molecular weight excluding hydrogens is 214 g/mol. The van der Waals surface area contributed by atoms with E-state index in [1.165, 1.54) is 0 Å². The summed E-state index contributed by atoms with van der Waals surface area (Å²) < 4.78 is 4.87. The molecule has 0 aromatic carbocycles. The Hall–Kier alpha value is -2.32. The van der Waals surface area contributed by atoms with E-state index in [9.17, 15) is 4.79 Å². The van der Waals surface area contributed by atoms with Crippen LogP contribution < -0.4 is 5.32 Å². The van der Waals surface area contributed by atoms with E-state index in [2.05, 4.69) is 36.1 Å². The average molecular weight is 223 g/mol. The van der Waals surface area contributed by atoms with Crippen molar-refractivity contribution in [3.05, 3.63) is 17.5 Å². The molecule has 1 amide bonds. The van der Waals surface area contributed by atoms with E-state index in [4.69, 9.17) is 4.52 Å². The SMILES string of the molecule is Cc1noc(CCNC(=O)c2nn[nH]n2)n1. The van der Waals surface area contributed by atoms with Gasteiger partial charge < -0.3 is 9.84 Å². The highest BCUT2D eigenvalue weighted by atomic mass is 16.5. The summed E-state index contributed by atoms with van der Waals surface area (Å²) in [5.74, 6) is 0.650. The Morgan fingerprint density at radius 3 is 3.06 bits per heavy atom. The third kappa shape index (κ3) is 2.38. The molecule has 2 rings (SSSR count). The Morgan fingerprint density at radius 2 is 2.44 bits per heavy atom. The summed E-state index contributed by atoms with van der Waals surface area (Å²) in [5, 5.41) is 18.8. The molecule has 0 unspecified atom stereocenters. The number of amides is 1. The van der Waals surface area contributed by atoms with Crippen LogP contribution in [0.5, 0.6) is 0 Å². The van der Waals surface area contributed by atoms with E-state index < -0.39 is 5.91 Å². The number of nitrogens with zero attached hydrogens (tertiary/aromatic N) is 5. The molecule has 0 aliphatic rings. The van der Waals surface area contributed by atoms with E-state index in [1.807, 2.05) is 0 Å². The van der Waals surface area contributed by atoms with Crippen molar-refractivity contribution in [1.82, 2.24) is 36.1 Å². The largest absolute Gasteiger partial charge is 0.349 e. The predicted molar refractivity (Wildman–Crippen MR) is 49.2 cm³/mol. The molecule has 2 aromatic heterocycles. The monoisotopic (exact) mass is 223 g/mol. The molecule has 9 heteroatoms. The Kier molecular flexibility index (Phi) is 2.85. The average Bonchev–Trinajstić information content (AvgIpc) is 2.89. The molecule has 84 valence electrons. The number of aromatic amines is 1. The molecule has 16 heavy (non-hydrogen) atoms. The van der Waals surface area contributed by atoms with E-state index in [0.29, 0.717) is 24.7 Å². The maximum atomic E-state index is 11.3. The molecule has 9 nitrogen and oxygen atoms in total. The van der Waals surface area contributed by atoms with Gasteiger partial charge in [0.25, 0.3) is 11.7 Å². The maximum absolute atomic E-state index is 11.3. The Morgan fingerprint density at radius 1 is 1.56 bits per heavy atom. The van der Waals surface area contributed by atoms with Crippen molar-refractivity contribution in [1.29, 1.82) is 0 Å². The summed E-state index contributed by atoms with van der Waals surface area (Å²) in [5.41, 5.74) is 0. The summed E-state index contributed by atoms with van der Waals surface area (Å²) in [6.45, 7) is 2.10. The first-order valence-electron chi connectivity index (χ1n) is 4.56. The lowest BCUT2D eigenvalue weighted by Crippen LogP contribution is -2.26. The second-order valence-electron chi connectivity index (χ2n) is 2.98. The lowest BCUT2D eigenvalue weighted by atomic mass is 10.4. The van der Waals surface area contributed by atoms with Crippen molar-refractivity contribution in [2.45, 2.75) is 13.3 Å². The lowest BCUT2D eigenvalue weighted by molar-refractivity contribution is 0.0943. The number of carbonyl (C=O) groups excluding carboxylic acids is 1. The predicted octanol–water partition coefficient (Wildman–Crippen LogP) is -1.14. The number of nitrogens with one attached hydrogen (secondary N) is 2. The van der Waals surface area contributed by atoms with Gasteiger partial charge in [0.1, 0.15) is 0 Å². The molecule has 0 atom stereocenters. The molecule has 0 fully saturated rings. The molecular formula is C7H9N7O2. The van der Waals surface area contributed by atoms with Crippen molar-refractivity contribution in [3.8, 4) is 0 Å². The van der Waals surface area contributed by atoms with Gasteiger partial charge in [-0.2, -0.15) is 10.2 Å². The quantitative estimate of drug-likeness (QED) is 0.671. The summed E-state index contributed by atoms with van der Waals surface area (Å²) in [6.07, 6.45) is 0.463. The van der Waals surface area contributed by atoms with Gasteiger partial charge in [-0.05, 0) is 12.1 Å². The van der Waals surface area contributed by atoms with Crippen molar-refractivity contribution < 1.29 is 9.32 Å². The first kappa shape index (κ1) is 10.2. The maximum Gasteiger partial charge on any atom is 0.292 e. The van der Waals surface area contributed by atoms with Crippen LogP contribution >= 0.6 is 0 Å². The minimum atomic E-state index is -0.398. The second-order valence-corrected chi connectivity index (χ2v) is 2.98. The minimum absolute atomic E-state index is 0.00158. The number of aryl methyl sites for hydroxylation is 1. The van der Waals surface area contributed by atoms with Gasteiger partial charge in [-0.3, -0.25) is 4.79 Å². The van der Waals surface area contributed by atoms with E-state index in [0.717, 1.165) is 0 Å². The number of carbonyl (C=O) groups is 1. The van der Waals surface area contributed by atoms with Crippen LogP contribution in [0, 0.1) is 6.92 Å². The zero-order chi connectivity index (χ0) is 11.4. The summed E-state index contributed by atoms with van der Waals surface area (Å²) >= 11 is 0. The highest BCUT2D eigenvalue weighted by Gasteiger charge is 2.10. The van der Waals surface area contributed by atoms with Crippen molar-refractivity contribution >= 4 is 5.91 Å². The number of rotatable bonds is 4. The Labute approximate surface area is 89.6 Å². The van der Waals surface area contributed by atoms with Crippen molar-refractivity contribution in [2.24, 2.45) is 0 Å². The molecule has 2 heterocycles. The molecule has 0 saturated carbocycles. The van der Waals surface area contributed by atoms with Gasteiger partial charge in [0.2, 0.25) is 5.89 Å². The topological polar surface area (TPSA) is 122 Å². The lowest BCUT2D eigenvalue weighted by Gasteiger charge is -1.97. The van der Waals surface area contributed by atoms with Crippen LogP contribution in [-0.4, -0.2) is 43.2 Å². The summed E-state index contributed by atoms with van der Waals surface area (Å²) in [6, 6.07) is 0. The molecule has 0 aliphatic heterocycles. The second kappa shape index (κ2) is 4.47. The van der Waals surface area contributed by atoms with Crippen LogP contribution in [-0.2, 0) is 6.42 Å². The number of hydrogen-bond donors (Lipinski definition) is 2. The first-order chi connectivity index (χ1) is 7.75. The number of H-pyrrole nitrogens is 1. The highest BCUT2D eigenvalue weighted by Crippen LogP contribution is 1.95. The van der Waals surface area contributed by atoms with Crippen LogP contribution in [0.3, 0.4) is 0 Å². The van der Waals surface area contributed by atoms with Gasteiger partial charge in [-0.25, -0.2) is 0 Å². The number of aromatic nitrogens is 6. The fourth-order valence-electron chi connectivity index (χ4n) is 1.06. The Balaban J connectivity index is 1.78. The summed E-state index contributed by atoms with van der Waals surface area (Å²) in [7, 11) is 0. The van der Waals surface area contributed by atoms with Gasteiger partial charge in [0.05, 0.1) is 0 Å². The van der Waals surface area contributed by atoms with E-state index >= 15 is 0 Å². The van der Waals surface area contributed by atoms with Gasteiger partial charge in [-0.15, -0.1) is 10.2 Å². The fraction of sp³-hybridized carbons (Fsp3) is 0.429. The van der Waals surface area contributed by atoms with Crippen LogP contribution in [0.4, 0.5) is 0 Å². The zero-order valence-corrected chi connectivity index (χ0v) is 8.47. The van der Waals surface area contributed by atoms with Crippen LogP contribution in [0.2, 0.25) is 0 Å². The standard InChI is InChI=1S/C7H9N7O2/c1-4-9-5(16-12-4)2-3-8-7(15)6-10-13-14-11-6/h2-3H2,1H3,(H,8,15)(H,10,11,13,14). The van der Waals surface area contributed by atoms with Gasteiger partial charge in [0.15, 0.2) is 5.82 Å². The molecule has 2 aromatic rings. The fourth-order valence-corrected chi connectivity index (χ4v) is 1.06. The highest BCUT2D eigenvalue weighted by molar-refractivity contribution is 5.89. The molecule has 0 bridgehead atoms. The van der Waals surface area contributed by atoms with Crippen molar-refractivity contribution in [2.75, 3.05) is 6.54 Å². The first-order valence-corrected chi connectivity index (χ1v) is 4.56. The van der Waals surface area contributed by atoms with E-state index in [-0.39, 0.29) is 5.82 Å². The van der Waals surface area contributed by atoms with Crippen molar-refractivity contribution in [3.63, 3.8) is 0 Å². The zero-order valence-electron chi connectivity index (χ0n) is 8.47. The molecule has 0 saturated heterocycles. The number of hydrogen-bond acceptors (Lipinski definition) is 7. The van der Waals surface area contributed by atoms with Gasteiger partial charge >= 0.3 is 0 Å². The van der Waals surface area contributed by atoms with Gasteiger partial charge in [-0.1, -0.05) is 5.16 Å². The minimum Gasteiger partial charge on any atom is -0.349 e. The van der Waals surface area contributed by atoms with Crippen LogP contribution in [0.15, 0.2) is 4.52 Å². The van der Waals surface area contributed by atoms with E-state index in [1.54, 1.807) is 6.92 Å².